The van der Waals surface area contributed by atoms with E-state index in [9.17, 15) is 4.79 Å². The second-order valence-electron chi connectivity index (χ2n) is 3.81. The van der Waals surface area contributed by atoms with E-state index >= 15 is 0 Å². The molecule has 94 valence electrons. The number of nitrogens with zero attached hydrogens (tertiary/aromatic N) is 4. The molecule has 0 bridgehead atoms. The Balaban J connectivity index is 2.16. The molecule has 0 aliphatic carbocycles. The van der Waals surface area contributed by atoms with Crippen molar-refractivity contribution in [2.45, 2.75) is 19.4 Å². The van der Waals surface area contributed by atoms with E-state index in [1.54, 1.807) is 12.1 Å². The molecule has 0 radical (unpaired) electrons. The fourth-order valence-corrected chi connectivity index (χ4v) is 1.43. The van der Waals surface area contributed by atoms with Gasteiger partial charge in [0.2, 0.25) is 5.91 Å². The molecule has 7 heteroatoms. The fraction of sp³-hybridized carbons (Fsp3) is 0.273. The minimum Gasteiger partial charge on any atom is -0.325 e. The minimum absolute atomic E-state index is 0.202. The van der Waals surface area contributed by atoms with Gasteiger partial charge in [-0.3, -0.25) is 4.79 Å². The molecule has 1 amide bonds. The Labute approximate surface area is 104 Å². The van der Waals surface area contributed by atoms with Crippen molar-refractivity contribution >= 4 is 11.6 Å². The number of anilines is 1. The molecule has 0 unspecified atom stereocenters. The molecule has 0 saturated carbocycles. The predicted molar refractivity (Wildman–Crippen MR) is 66.1 cm³/mol. The van der Waals surface area contributed by atoms with E-state index < -0.39 is 6.04 Å². The topological polar surface area (TPSA) is 98.7 Å². The number of amides is 1. The second-order valence-corrected chi connectivity index (χ2v) is 3.81. The highest BCUT2D eigenvalue weighted by molar-refractivity contribution is 5.94. The molecule has 3 N–H and O–H groups in total. The summed E-state index contributed by atoms with van der Waals surface area (Å²) < 4.78 is 1.51. The van der Waals surface area contributed by atoms with Crippen LogP contribution in [-0.2, 0) is 4.79 Å². The van der Waals surface area contributed by atoms with Gasteiger partial charge < -0.3 is 11.1 Å². The van der Waals surface area contributed by atoms with Gasteiger partial charge in [0.15, 0.2) is 0 Å². The van der Waals surface area contributed by atoms with E-state index in [1.165, 1.54) is 11.0 Å². The zero-order chi connectivity index (χ0) is 13.0. The van der Waals surface area contributed by atoms with E-state index in [0.29, 0.717) is 12.1 Å². The summed E-state index contributed by atoms with van der Waals surface area (Å²) in [6.45, 7) is 1.86. The summed E-state index contributed by atoms with van der Waals surface area (Å²) in [4.78, 5) is 11.7. The van der Waals surface area contributed by atoms with Crippen molar-refractivity contribution in [2.75, 3.05) is 5.32 Å². The Morgan fingerprint density at radius 1 is 1.56 bits per heavy atom. The average molecular weight is 246 g/mol. The Morgan fingerprint density at radius 3 is 3.06 bits per heavy atom. The monoisotopic (exact) mass is 246 g/mol. The zero-order valence-corrected chi connectivity index (χ0v) is 9.95. The van der Waals surface area contributed by atoms with Gasteiger partial charge in [0, 0.05) is 5.69 Å². The number of hydrogen-bond acceptors (Lipinski definition) is 5. The molecule has 0 saturated heterocycles. The number of nitrogens with two attached hydrogens (primary N) is 1. The van der Waals surface area contributed by atoms with Crippen molar-refractivity contribution in [1.82, 2.24) is 20.2 Å². The maximum Gasteiger partial charge on any atom is 0.241 e. The predicted octanol–water partition coefficient (Wildman–Crippen LogP) is 0.338. The summed E-state index contributed by atoms with van der Waals surface area (Å²) in [5.41, 5.74) is 7.08. The molecule has 7 nitrogen and oxygen atoms in total. The van der Waals surface area contributed by atoms with Crippen molar-refractivity contribution < 1.29 is 4.79 Å². The normalized spacial score (nSPS) is 12.1. The molecule has 0 aliphatic heterocycles. The molecule has 2 aromatic rings. The number of hydrogen-bond donors (Lipinski definition) is 2. The molecule has 1 aromatic carbocycles. The maximum atomic E-state index is 11.7. The molecular weight excluding hydrogens is 232 g/mol. The summed E-state index contributed by atoms with van der Waals surface area (Å²) in [5.74, 6) is -0.202. The van der Waals surface area contributed by atoms with Crippen molar-refractivity contribution in [3.05, 3.63) is 30.6 Å². The van der Waals surface area contributed by atoms with Crippen LogP contribution in [0.15, 0.2) is 30.6 Å². The largest absolute Gasteiger partial charge is 0.325 e. The quantitative estimate of drug-likeness (QED) is 0.810. The number of nitrogens with one attached hydrogen (secondary N) is 1. The molecule has 1 atom stereocenters. The standard InChI is InChI=1S/C11H14N6O/c1-2-10(12)11(18)14-8-4-3-5-9(6-8)17-7-13-15-16-17/h3-7,10H,2,12H2,1H3,(H,14,18)/t10-/m0/s1. The van der Waals surface area contributed by atoms with E-state index in [-0.39, 0.29) is 5.91 Å². The molecule has 18 heavy (non-hydrogen) atoms. The molecule has 0 aliphatic rings. The molecule has 2 rings (SSSR count). The van der Waals surface area contributed by atoms with E-state index in [1.807, 2.05) is 19.1 Å². The van der Waals surface area contributed by atoms with Crippen molar-refractivity contribution in [1.29, 1.82) is 0 Å². The van der Waals surface area contributed by atoms with E-state index in [2.05, 4.69) is 20.8 Å². The summed E-state index contributed by atoms with van der Waals surface area (Å²) >= 11 is 0. The first-order valence-corrected chi connectivity index (χ1v) is 5.60. The Hall–Kier alpha value is -2.28. The van der Waals surface area contributed by atoms with Gasteiger partial charge in [-0.15, -0.1) is 5.10 Å². The Kier molecular flexibility index (Phi) is 3.63. The summed E-state index contributed by atoms with van der Waals surface area (Å²) in [6.07, 6.45) is 2.08. The lowest BCUT2D eigenvalue weighted by Gasteiger charge is -2.10. The lowest BCUT2D eigenvalue weighted by molar-refractivity contribution is -0.117. The summed E-state index contributed by atoms with van der Waals surface area (Å²) in [6, 6.07) is 6.71. The highest BCUT2D eigenvalue weighted by atomic mass is 16.2. The van der Waals surface area contributed by atoms with Crippen LogP contribution in [0.25, 0.3) is 5.69 Å². The molecule has 0 fully saturated rings. The van der Waals surface area contributed by atoms with Gasteiger partial charge in [-0.1, -0.05) is 13.0 Å². The Morgan fingerprint density at radius 2 is 2.39 bits per heavy atom. The number of rotatable bonds is 4. The smallest absolute Gasteiger partial charge is 0.241 e. The molecule has 0 spiro atoms. The molecule has 1 aromatic heterocycles. The lowest BCUT2D eigenvalue weighted by Crippen LogP contribution is -2.34. The number of carbonyl (C=O) groups is 1. The first kappa shape index (κ1) is 12.2. The van der Waals surface area contributed by atoms with Gasteiger partial charge in [0.05, 0.1) is 11.7 Å². The van der Waals surface area contributed by atoms with Gasteiger partial charge in [-0.25, -0.2) is 4.68 Å². The zero-order valence-electron chi connectivity index (χ0n) is 9.95. The maximum absolute atomic E-state index is 11.7. The number of carbonyl (C=O) groups excluding carboxylic acids is 1. The van der Waals surface area contributed by atoms with Crippen LogP contribution in [0, 0.1) is 0 Å². The second kappa shape index (κ2) is 5.37. The van der Waals surface area contributed by atoms with Gasteiger partial charge in [-0.2, -0.15) is 0 Å². The van der Waals surface area contributed by atoms with Gasteiger partial charge in [0.25, 0.3) is 0 Å². The van der Waals surface area contributed by atoms with Gasteiger partial charge in [-0.05, 0) is 35.0 Å². The van der Waals surface area contributed by atoms with Crippen molar-refractivity contribution in [3.63, 3.8) is 0 Å². The van der Waals surface area contributed by atoms with Crippen LogP contribution in [0.5, 0.6) is 0 Å². The van der Waals surface area contributed by atoms with E-state index in [0.717, 1.165) is 5.69 Å². The first-order valence-electron chi connectivity index (χ1n) is 5.60. The fourth-order valence-electron chi connectivity index (χ4n) is 1.43. The molecule has 1 heterocycles. The number of aromatic nitrogens is 4. The van der Waals surface area contributed by atoms with Crippen LogP contribution < -0.4 is 11.1 Å². The highest BCUT2D eigenvalue weighted by Gasteiger charge is 2.11. The van der Waals surface area contributed by atoms with Crippen molar-refractivity contribution in [3.8, 4) is 5.69 Å². The number of tetrazole rings is 1. The first-order chi connectivity index (χ1) is 8.70. The minimum atomic E-state index is -0.498. The summed E-state index contributed by atoms with van der Waals surface area (Å²) in [7, 11) is 0. The average Bonchev–Trinajstić information content (AvgIpc) is 2.92. The van der Waals surface area contributed by atoms with Crippen LogP contribution in [0.1, 0.15) is 13.3 Å². The molecular formula is C11H14N6O. The lowest BCUT2D eigenvalue weighted by atomic mass is 10.2. The highest BCUT2D eigenvalue weighted by Crippen LogP contribution is 2.13. The third-order valence-corrected chi connectivity index (χ3v) is 2.50. The number of benzene rings is 1. The van der Waals surface area contributed by atoms with Crippen LogP contribution >= 0.6 is 0 Å². The van der Waals surface area contributed by atoms with Gasteiger partial charge >= 0.3 is 0 Å². The Bertz CT molecular complexity index is 524. The van der Waals surface area contributed by atoms with Crippen molar-refractivity contribution in [2.24, 2.45) is 5.73 Å². The van der Waals surface area contributed by atoms with Crippen LogP contribution in [0.4, 0.5) is 5.69 Å². The third kappa shape index (κ3) is 2.69. The van der Waals surface area contributed by atoms with Crippen LogP contribution in [0.2, 0.25) is 0 Å². The van der Waals surface area contributed by atoms with Gasteiger partial charge in [0.1, 0.15) is 6.33 Å². The third-order valence-electron chi connectivity index (χ3n) is 2.50. The van der Waals surface area contributed by atoms with E-state index in [4.69, 9.17) is 5.73 Å². The summed E-state index contributed by atoms with van der Waals surface area (Å²) in [5, 5.41) is 13.6. The van der Waals surface area contributed by atoms with Crippen LogP contribution in [0.3, 0.4) is 0 Å². The van der Waals surface area contributed by atoms with Crippen LogP contribution in [-0.4, -0.2) is 32.2 Å². The SMILES string of the molecule is CC[C@H](N)C(=O)Nc1cccc(-n2cnnn2)c1.